The van der Waals surface area contributed by atoms with Crippen LogP contribution in [0.1, 0.15) is 5.56 Å². The van der Waals surface area contributed by atoms with Crippen LogP contribution in [-0.4, -0.2) is 49.2 Å². The SMILES string of the molecule is OC1C(c2ccc(-c3cc[nH]n3)cc2)=c2nc(NCC(F)(F)F)ncc2=CN1c1ccc2ncccc2c1. The van der Waals surface area contributed by atoms with Crippen LogP contribution in [0.3, 0.4) is 0 Å². The Morgan fingerprint density at radius 1 is 1.00 bits per heavy atom. The van der Waals surface area contributed by atoms with E-state index in [1.165, 1.54) is 6.20 Å². The topological polar surface area (TPSA) is 103 Å². The Labute approximate surface area is 213 Å². The smallest absolute Gasteiger partial charge is 0.369 e. The molecule has 0 spiro atoms. The minimum absolute atomic E-state index is 0.183. The Balaban J connectivity index is 1.49. The van der Waals surface area contributed by atoms with Gasteiger partial charge in [-0.15, -0.1) is 0 Å². The summed E-state index contributed by atoms with van der Waals surface area (Å²) in [6, 6.07) is 18.6. The van der Waals surface area contributed by atoms with Crippen LogP contribution in [0.15, 0.2) is 79.3 Å². The molecule has 0 radical (unpaired) electrons. The number of alkyl halides is 3. The fraction of sp³-hybridized carbons (Fsp3) is 0.111. The van der Waals surface area contributed by atoms with Crippen molar-refractivity contribution < 1.29 is 18.3 Å². The summed E-state index contributed by atoms with van der Waals surface area (Å²) in [6.07, 6.45) is 0.950. The quantitative estimate of drug-likeness (QED) is 0.331. The van der Waals surface area contributed by atoms with Gasteiger partial charge in [0.2, 0.25) is 5.95 Å². The van der Waals surface area contributed by atoms with Gasteiger partial charge in [-0.25, -0.2) is 9.97 Å². The fourth-order valence-corrected chi connectivity index (χ4v) is 4.41. The lowest BCUT2D eigenvalue weighted by molar-refractivity contribution is -0.115. The van der Waals surface area contributed by atoms with Crippen molar-refractivity contribution in [3.05, 3.63) is 95.4 Å². The van der Waals surface area contributed by atoms with E-state index in [1.54, 1.807) is 23.5 Å². The number of nitrogens with zero attached hydrogens (tertiary/aromatic N) is 5. The zero-order chi connectivity index (χ0) is 26.3. The number of aliphatic hydroxyl groups excluding tert-OH is 1. The number of rotatable bonds is 5. The summed E-state index contributed by atoms with van der Waals surface area (Å²) in [7, 11) is 0. The molecule has 1 aliphatic heterocycles. The van der Waals surface area contributed by atoms with E-state index in [0.717, 1.165) is 22.2 Å². The van der Waals surface area contributed by atoms with E-state index in [9.17, 15) is 18.3 Å². The third-order valence-electron chi connectivity index (χ3n) is 6.20. The number of fused-ring (bicyclic) bond motifs is 2. The van der Waals surface area contributed by atoms with Crippen LogP contribution < -0.4 is 20.8 Å². The highest BCUT2D eigenvalue weighted by molar-refractivity contribution is 5.85. The van der Waals surface area contributed by atoms with Gasteiger partial charge in [0.25, 0.3) is 0 Å². The summed E-state index contributed by atoms with van der Waals surface area (Å²) in [5.74, 6) is -0.183. The van der Waals surface area contributed by atoms with Crippen molar-refractivity contribution >= 4 is 34.3 Å². The van der Waals surface area contributed by atoms with Crippen molar-refractivity contribution in [1.29, 1.82) is 0 Å². The van der Waals surface area contributed by atoms with Crippen LogP contribution >= 0.6 is 0 Å². The number of anilines is 2. The molecule has 2 aromatic carbocycles. The number of H-pyrrole nitrogens is 1. The number of aliphatic hydroxyl groups is 1. The molecule has 0 fully saturated rings. The number of hydrogen-bond acceptors (Lipinski definition) is 7. The number of hydrogen-bond donors (Lipinski definition) is 3. The normalized spacial score (nSPS) is 15.3. The molecule has 3 aromatic heterocycles. The first-order valence-electron chi connectivity index (χ1n) is 11.7. The van der Waals surface area contributed by atoms with Crippen molar-refractivity contribution in [2.45, 2.75) is 12.4 Å². The molecule has 3 N–H and O–H groups in total. The zero-order valence-electron chi connectivity index (χ0n) is 19.7. The minimum Gasteiger partial charge on any atom is -0.369 e. The lowest BCUT2D eigenvalue weighted by Gasteiger charge is -2.31. The third-order valence-corrected chi connectivity index (χ3v) is 6.20. The van der Waals surface area contributed by atoms with E-state index >= 15 is 0 Å². The van der Waals surface area contributed by atoms with Crippen molar-refractivity contribution in [3.63, 3.8) is 0 Å². The second-order valence-electron chi connectivity index (χ2n) is 8.71. The number of benzene rings is 2. The van der Waals surface area contributed by atoms with Gasteiger partial charge in [-0.05, 0) is 35.9 Å². The van der Waals surface area contributed by atoms with E-state index in [0.29, 0.717) is 27.4 Å². The summed E-state index contributed by atoms with van der Waals surface area (Å²) in [5.41, 5.74) is 4.21. The molecule has 4 heterocycles. The molecule has 1 unspecified atom stereocenters. The van der Waals surface area contributed by atoms with Gasteiger partial charge in [0.15, 0.2) is 6.23 Å². The van der Waals surface area contributed by atoms with Crippen molar-refractivity contribution in [3.8, 4) is 11.3 Å². The second kappa shape index (κ2) is 9.27. The van der Waals surface area contributed by atoms with E-state index in [-0.39, 0.29) is 5.95 Å². The molecule has 0 saturated heterocycles. The maximum atomic E-state index is 12.8. The van der Waals surface area contributed by atoms with Crippen LogP contribution in [-0.2, 0) is 0 Å². The summed E-state index contributed by atoms with van der Waals surface area (Å²) < 4.78 is 38.4. The molecule has 1 aliphatic rings. The molecule has 38 heavy (non-hydrogen) atoms. The Morgan fingerprint density at radius 2 is 1.82 bits per heavy atom. The molecule has 190 valence electrons. The van der Waals surface area contributed by atoms with Crippen LogP contribution in [0.5, 0.6) is 0 Å². The summed E-state index contributed by atoms with van der Waals surface area (Å²) in [5, 5.41) is 22.6. The molecule has 0 amide bonds. The Morgan fingerprint density at radius 3 is 2.58 bits per heavy atom. The largest absolute Gasteiger partial charge is 0.405 e. The van der Waals surface area contributed by atoms with Gasteiger partial charge in [-0.3, -0.25) is 10.1 Å². The van der Waals surface area contributed by atoms with Crippen LogP contribution in [0, 0.1) is 0 Å². The van der Waals surface area contributed by atoms with Gasteiger partial charge in [-0.2, -0.15) is 18.3 Å². The Hall–Kier alpha value is -4.77. The van der Waals surface area contributed by atoms with Crippen molar-refractivity contribution in [2.24, 2.45) is 0 Å². The summed E-state index contributed by atoms with van der Waals surface area (Å²) in [4.78, 5) is 14.5. The molecule has 0 aliphatic carbocycles. The van der Waals surface area contributed by atoms with E-state index < -0.39 is 18.9 Å². The van der Waals surface area contributed by atoms with Crippen LogP contribution in [0.2, 0.25) is 0 Å². The Bertz CT molecular complexity index is 1740. The maximum Gasteiger partial charge on any atom is 0.405 e. The standard InChI is InChI=1S/C27H20F3N7O/c28-27(29,30)15-33-26-32-13-19-14-37(20-7-8-21-18(12-20)2-1-10-31-21)25(38)23(24(19)35-26)17-5-3-16(4-6-17)22-9-11-34-36-22/h1-14,25,38H,15H2,(H,33,35)(H,34,36). The first-order chi connectivity index (χ1) is 18.4. The molecule has 8 nitrogen and oxygen atoms in total. The molecule has 0 bridgehead atoms. The van der Waals surface area contributed by atoms with Gasteiger partial charge >= 0.3 is 6.18 Å². The van der Waals surface area contributed by atoms with Gasteiger partial charge in [0.1, 0.15) is 6.54 Å². The number of nitrogens with one attached hydrogen (secondary N) is 2. The molecular weight excluding hydrogens is 495 g/mol. The average molecular weight is 515 g/mol. The molecule has 5 aromatic rings. The van der Waals surface area contributed by atoms with Gasteiger partial charge in [-0.1, -0.05) is 30.3 Å². The van der Waals surface area contributed by atoms with Crippen molar-refractivity contribution in [1.82, 2.24) is 25.1 Å². The molecular formula is C27H20F3N7O. The maximum absolute atomic E-state index is 12.8. The Kier molecular flexibility index (Phi) is 5.76. The van der Waals surface area contributed by atoms with Gasteiger partial charge < -0.3 is 15.3 Å². The lowest BCUT2D eigenvalue weighted by atomic mass is 9.98. The highest BCUT2D eigenvalue weighted by Gasteiger charge is 2.28. The second-order valence-corrected chi connectivity index (χ2v) is 8.71. The molecule has 1 atom stereocenters. The predicted molar refractivity (Wildman–Crippen MR) is 137 cm³/mol. The fourth-order valence-electron chi connectivity index (χ4n) is 4.41. The summed E-state index contributed by atoms with van der Waals surface area (Å²) in [6.45, 7) is -1.27. The molecule has 6 rings (SSSR count). The minimum atomic E-state index is -4.43. The number of halogens is 3. The van der Waals surface area contributed by atoms with E-state index in [4.69, 9.17) is 0 Å². The molecule has 0 saturated carbocycles. The first-order valence-corrected chi connectivity index (χ1v) is 11.7. The highest BCUT2D eigenvalue weighted by atomic mass is 19.4. The van der Waals surface area contributed by atoms with E-state index in [1.807, 2.05) is 60.7 Å². The van der Waals surface area contributed by atoms with Crippen LogP contribution in [0.4, 0.5) is 24.8 Å². The van der Waals surface area contributed by atoms with Gasteiger partial charge in [0, 0.05) is 52.2 Å². The van der Waals surface area contributed by atoms with Crippen LogP contribution in [0.25, 0.3) is 33.9 Å². The predicted octanol–water partition coefficient (Wildman–Crippen LogP) is 3.16. The number of aromatic amines is 1. The highest BCUT2D eigenvalue weighted by Crippen LogP contribution is 2.29. The third kappa shape index (κ3) is 4.55. The first kappa shape index (κ1) is 23.6. The number of aromatic nitrogens is 5. The average Bonchev–Trinajstić information content (AvgIpc) is 3.46. The number of pyridine rings is 1. The zero-order valence-corrected chi connectivity index (χ0v) is 19.7. The van der Waals surface area contributed by atoms with Gasteiger partial charge in [0.05, 0.1) is 16.6 Å². The lowest BCUT2D eigenvalue weighted by Crippen LogP contribution is -2.47. The monoisotopic (exact) mass is 515 g/mol. The van der Waals surface area contributed by atoms with E-state index in [2.05, 4.69) is 30.5 Å². The van der Waals surface area contributed by atoms with Crippen molar-refractivity contribution in [2.75, 3.05) is 16.8 Å². The molecule has 11 heteroatoms. The summed E-state index contributed by atoms with van der Waals surface area (Å²) >= 11 is 0.